The lowest BCUT2D eigenvalue weighted by molar-refractivity contribution is 0.694. The third-order valence-electron chi connectivity index (χ3n) is 12.4. The molecule has 0 bridgehead atoms. The van der Waals surface area contributed by atoms with E-state index in [0.717, 1.165) is 46.9 Å². The van der Waals surface area contributed by atoms with Crippen LogP contribution in [0.3, 0.4) is 0 Å². The predicted molar refractivity (Wildman–Crippen MR) is 335 cm³/mol. The second kappa shape index (κ2) is 32.3. The number of pyridine rings is 4. The van der Waals surface area contributed by atoms with Gasteiger partial charge in [-0.25, -0.2) is 0 Å². The number of fused-ring (bicyclic) bond motifs is 4. The largest absolute Gasteiger partial charge is 0.265 e. The molecule has 0 N–H and O–H groups in total. The van der Waals surface area contributed by atoms with Gasteiger partial charge in [0.25, 0.3) is 0 Å². The number of hydrogen-bond acceptors (Lipinski definition) is 8. The molecule has 0 fully saturated rings. The summed E-state index contributed by atoms with van der Waals surface area (Å²) in [6.45, 7) is 33.7. The van der Waals surface area contributed by atoms with Crippen molar-refractivity contribution in [3.05, 3.63) is 239 Å². The molecule has 0 aliphatic rings. The van der Waals surface area contributed by atoms with Crippen LogP contribution in [0.15, 0.2) is 183 Å². The Morgan fingerprint density at radius 1 is 0.362 bits per heavy atom. The van der Waals surface area contributed by atoms with Crippen molar-refractivity contribution in [1.82, 2.24) is 59.1 Å². The van der Waals surface area contributed by atoms with Crippen molar-refractivity contribution in [3.8, 4) is 0 Å². The van der Waals surface area contributed by atoms with Crippen LogP contribution in [0.2, 0.25) is 0 Å². The first kappa shape index (κ1) is 62.2. The van der Waals surface area contributed by atoms with Crippen LogP contribution in [-0.2, 0) is 26.2 Å². The highest BCUT2D eigenvalue weighted by molar-refractivity contribution is 5.81. The van der Waals surface area contributed by atoms with E-state index in [0.29, 0.717) is 19.0 Å². The monoisotopic (exact) mass is 1070 g/mol. The second-order valence-electron chi connectivity index (χ2n) is 18.6. The molecule has 0 spiro atoms. The van der Waals surface area contributed by atoms with E-state index in [-0.39, 0.29) is 0 Å². The summed E-state index contributed by atoms with van der Waals surface area (Å²) in [5, 5.41) is 22.5. The Kier molecular flexibility index (Phi) is 25.1. The molecular weight excluding hydrogens is 985 g/mol. The lowest BCUT2D eigenvalue weighted by Gasteiger charge is -2.07. The van der Waals surface area contributed by atoms with Crippen LogP contribution in [0.4, 0.5) is 0 Å². The number of hydrogen-bond donors (Lipinski definition) is 0. The van der Waals surface area contributed by atoms with Crippen molar-refractivity contribution in [1.29, 1.82) is 0 Å². The lowest BCUT2D eigenvalue weighted by atomic mass is 10.0. The van der Waals surface area contributed by atoms with Gasteiger partial charge in [0.1, 0.15) is 0 Å². The van der Waals surface area contributed by atoms with Crippen LogP contribution in [0.1, 0.15) is 131 Å². The van der Waals surface area contributed by atoms with Gasteiger partial charge < -0.3 is 0 Å². The molecule has 0 saturated carbocycles. The van der Waals surface area contributed by atoms with Crippen LogP contribution in [0.5, 0.6) is 0 Å². The van der Waals surface area contributed by atoms with Crippen LogP contribution < -0.4 is 0 Å². The molecule has 416 valence electrons. The average molecular weight is 1070 g/mol. The number of nitrogens with zero attached hydrogens (tertiary/aromatic N) is 12. The number of benzene rings is 4. The van der Waals surface area contributed by atoms with Crippen LogP contribution >= 0.6 is 0 Å². The van der Waals surface area contributed by atoms with E-state index in [1.54, 1.807) is 0 Å². The zero-order valence-corrected chi connectivity index (χ0v) is 50.1. The normalized spacial score (nSPS) is 10.2. The minimum atomic E-state index is 0.545. The molecule has 0 unspecified atom stereocenters. The molecule has 12 rings (SSSR count). The van der Waals surface area contributed by atoms with Gasteiger partial charge in [0, 0.05) is 57.7 Å². The van der Waals surface area contributed by atoms with E-state index in [1.807, 2.05) is 192 Å². The average Bonchev–Trinajstić information content (AvgIpc) is 4.34. The fraction of sp³-hybridized carbons (Fsp3) is 0.294. The molecular formula is C68H84N12. The molecule has 0 aliphatic carbocycles. The summed E-state index contributed by atoms with van der Waals surface area (Å²) >= 11 is 0. The van der Waals surface area contributed by atoms with Gasteiger partial charge in [-0.2, -0.15) is 20.4 Å². The number of aromatic nitrogens is 12. The minimum Gasteiger partial charge on any atom is -0.265 e. The molecule has 8 aromatic heterocycles. The first-order chi connectivity index (χ1) is 39.0. The maximum atomic E-state index is 4.51. The molecule has 0 atom stereocenters. The minimum absolute atomic E-state index is 0.545. The molecule has 80 heavy (non-hydrogen) atoms. The summed E-state index contributed by atoms with van der Waals surface area (Å²) in [6, 6.07) is 46.0. The summed E-state index contributed by atoms with van der Waals surface area (Å²) in [6.07, 6.45) is 15.0. The first-order valence-corrected chi connectivity index (χ1v) is 28.4. The van der Waals surface area contributed by atoms with Gasteiger partial charge in [0.05, 0.1) is 84.4 Å². The van der Waals surface area contributed by atoms with E-state index < -0.39 is 0 Å². The smallest absolute Gasteiger partial charge is 0.0838 e. The topological polar surface area (TPSA) is 123 Å². The SMILES string of the molecule is CC.CC.CC.CC.Cc1ccc(Cn2ncc3cc(C(C)C)ccc32)cn1.Cc1ccc2c(cnn2Cc2cccc(C)n2)c1.Cc1ccc2c(cnn2Cc2ccccn2)c1.Cc1ccc2c(cnn2Cc2ccncc2)c1. The quantitative estimate of drug-likeness (QED) is 0.140. The van der Waals surface area contributed by atoms with Gasteiger partial charge in [-0.15, -0.1) is 0 Å². The molecule has 0 aliphatic heterocycles. The highest BCUT2D eigenvalue weighted by Crippen LogP contribution is 2.23. The Morgan fingerprint density at radius 3 is 1.26 bits per heavy atom. The van der Waals surface area contributed by atoms with Gasteiger partial charge in [-0.3, -0.25) is 38.7 Å². The lowest BCUT2D eigenvalue weighted by Crippen LogP contribution is -2.03. The molecule has 0 saturated heterocycles. The first-order valence-electron chi connectivity index (χ1n) is 28.4. The molecule has 12 aromatic rings. The summed E-state index contributed by atoms with van der Waals surface area (Å²) in [5.74, 6) is 0.545. The van der Waals surface area contributed by atoms with Crippen molar-refractivity contribution < 1.29 is 0 Å². The Hall–Kier alpha value is -8.64. The third-order valence-corrected chi connectivity index (χ3v) is 12.4. The van der Waals surface area contributed by atoms with Crippen molar-refractivity contribution in [2.75, 3.05) is 0 Å². The number of aryl methyl sites for hydroxylation is 5. The Labute approximate surface area is 475 Å². The third kappa shape index (κ3) is 17.7. The fourth-order valence-electron chi connectivity index (χ4n) is 8.50. The van der Waals surface area contributed by atoms with E-state index >= 15 is 0 Å². The summed E-state index contributed by atoms with van der Waals surface area (Å²) < 4.78 is 8.03. The predicted octanol–water partition coefficient (Wildman–Crippen LogP) is 16.7. The Bertz CT molecular complexity index is 3560. The Balaban J connectivity index is 0.000000188. The van der Waals surface area contributed by atoms with Crippen LogP contribution in [0.25, 0.3) is 43.6 Å². The molecule has 0 radical (unpaired) electrons. The van der Waals surface area contributed by atoms with E-state index in [2.05, 4.69) is 154 Å². The highest BCUT2D eigenvalue weighted by atomic mass is 15.3. The fourth-order valence-corrected chi connectivity index (χ4v) is 8.50. The van der Waals surface area contributed by atoms with Crippen molar-refractivity contribution in [3.63, 3.8) is 0 Å². The summed E-state index contributed by atoms with van der Waals surface area (Å²) in [4.78, 5) is 17.2. The molecule has 8 heterocycles. The maximum Gasteiger partial charge on any atom is 0.0838 e. The van der Waals surface area contributed by atoms with Gasteiger partial charge in [0.15, 0.2) is 0 Å². The van der Waals surface area contributed by atoms with E-state index in [9.17, 15) is 0 Å². The van der Waals surface area contributed by atoms with Gasteiger partial charge >= 0.3 is 0 Å². The zero-order chi connectivity index (χ0) is 58.0. The van der Waals surface area contributed by atoms with Gasteiger partial charge in [0.2, 0.25) is 0 Å². The van der Waals surface area contributed by atoms with Gasteiger partial charge in [-0.05, 0) is 148 Å². The van der Waals surface area contributed by atoms with Crippen molar-refractivity contribution >= 4 is 43.6 Å². The molecule has 0 amide bonds. The number of rotatable bonds is 9. The second-order valence-corrected chi connectivity index (χ2v) is 18.6. The molecule has 12 nitrogen and oxygen atoms in total. The zero-order valence-electron chi connectivity index (χ0n) is 50.1. The van der Waals surface area contributed by atoms with Gasteiger partial charge in [-0.1, -0.05) is 128 Å². The summed E-state index contributed by atoms with van der Waals surface area (Å²) in [7, 11) is 0. The maximum absolute atomic E-state index is 4.51. The highest BCUT2D eigenvalue weighted by Gasteiger charge is 2.09. The van der Waals surface area contributed by atoms with Crippen LogP contribution in [-0.4, -0.2) is 59.1 Å². The van der Waals surface area contributed by atoms with Crippen molar-refractivity contribution in [2.45, 2.75) is 136 Å². The molecule has 4 aromatic carbocycles. The van der Waals surface area contributed by atoms with E-state index in [1.165, 1.54) is 66.0 Å². The standard InChI is InChI=1S/C17H19N3.C15H15N3.2C14H13N3.4C2H6/c1-12(2)15-6-7-17-16(8-15)10-19-20(17)11-14-5-4-13(3)18-9-14;1-11-6-7-15-13(8-11)9-16-18(15)10-14-5-3-4-12(2)17-14;1-11-2-3-14-13(8-11)9-16-17(14)10-12-4-6-15-7-5-12;1-11-5-6-14-12(8-11)9-16-17(14)10-13-4-2-3-7-15-13;4*1-2/h4-10,12H,11H2,1-3H3;3-9H,10H2,1-2H3;2*2-9H,10H2,1H3;4*1-2H3. The van der Waals surface area contributed by atoms with Crippen molar-refractivity contribution in [2.24, 2.45) is 0 Å². The molecule has 12 heteroatoms. The Morgan fingerprint density at radius 2 is 0.812 bits per heavy atom. The summed E-state index contributed by atoms with van der Waals surface area (Å²) in [5.41, 5.74) is 16.3. The van der Waals surface area contributed by atoms with Crippen LogP contribution in [0, 0.1) is 34.6 Å². The van der Waals surface area contributed by atoms with E-state index in [4.69, 9.17) is 0 Å².